The van der Waals surface area contributed by atoms with Gasteiger partial charge in [0.15, 0.2) is 0 Å². The van der Waals surface area contributed by atoms with Gasteiger partial charge in [-0.25, -0.2) is 4.79 Å². The van der Waals surface area contributed by atoms with Gasteiger partial charge >= 0.3 is 5.97 Å². The number of rotatable bonds is 5. The SMILES string of the molecule is COC(=O)c1cccc(NCCc2ccc(Br)s2)c1N. The van der Waals surface area contributed by atoms with Crippen LogP contribution in [0.5, 0.6) is 0 Å². The molecule has 106 valence electrons. The fraction of sp³-hybridized carbons (Fsp3) is 0.214. The topological polar surface area (TPSA) is 64.3 Å². The van der Waals surface area contributed by atoms with E-state index in [-0.39, 0.29) is 0 Å². The number of nitrogens with two attached hydrogens (primary N) is 1. The van der Waals surface area contributed by atoms with Crippen LogP contribution >= 0.6 is 27.3 Å². The molecule has 0 saturated heterocycles. The summed E-state index contributed by atoms with van der Waals surface area (Å²) in [5, 5.41) is 3.25. The highest BCUT2D eigenvalue weighted by Crippen LogP contribution is 2.25. The molecule has 1 heterocycles. The first kappa shape index (κ1) is 14.9. The molecule has 0 unspecified atom stereocenters. The molecule has 20 heavy (non-hydrogen) atoms. The number of carbonyl (C=O) groups is 1. The summed E-state index contributed by atoms with van der Waals surface area (Å²) in [5.41, 5.74) is 7.54. The van der Waals surface area contributed by atoms with Crippen LogP contribution in [-0.4, -0.2) is 19.6 Å². The van der Waals surface area contributed by atoms with Crippen molar-refractivity contribution in [3.63, 3.8) is 0 Å². The van der Waals surface area contributed by atoms with Gasteiger partial charge in [0.1, 0.15) is 0 Å². The third-order valence-electron chi connectivity index (χ3n) is 2.83. The highest BCUT2D eigenvalue weighted by molar-refractivity contribution is 9.11. The van der Waals surface area contributed by atoms with Crippen LogP contribution in [0.1, 0.15) is 15.2 Å². The molecule has 1 aromatic heterocycles. The third-order valence-corrected chi connectivity index (χ3v) is 4.51. The Kier molecular flexibility index (Phi) is 5.03. The van der Waals surface area contributed by atoms with E-state index in [2.05, 4.69) is 27.3 Å². The van der Waals surface area contributed by atoms with Gasteiger partial charge in [0.05, 0.1) is 27.8 Å². The Balaban J connectivity index is 2.01. The first-order chi connectivity index (χ1) is 9.61. The Labute approximate surface area is 130 Å². The Bertz CT molecular complexity index is 613. The molecular formula is C14H15BrN2O2S. The molecule has 0 saturated carbocycles. The first-order valence-electron chi connectivity index (χ1n) is 6.06. The van der Waals surface area contributed by atoms with Gasteiger partial charge in [0.2, 0.25) is 0 Å². The smallest absolute Gasteiger partial charge is 0.340 e. The van der Waals surface area contributed by atoms with E-state index in [1.807, 2.05) is 12.1 Å². The molecule has 4 nitrogen and oxygen atoms in total. The molecule has 0 amide bonds. The van der Waals surface area contributed by atoms with Gasteiger partial charge in [-0.2, -0.15) is 0 Å². The molecular weight excluding hydrogens is 340 g/mol. The standard InChI is InChI=1S/C14H15BrN2O2S/c1-19-14(18)10-3-2-4-11(13(10)16)17-8-7-9-5-6-12(15)20-9/h2-6,17H,7-8,16H2,1H3. The summed E-state index contributed by atoms with van der Waals surface area (Å²) >= 11 is 5.15. The molecule has 0 aliphatic rings. The first-order valence-corrected chi connectivity index (χ1v) is 7.67. The summed E-state index contributed by atoms with van der Waals surface area (Å²) in [5.74, 6) is -0.423. The predicted octanol–water partition coefficient (Wildman–Crippen LogP) is 3.53. The number of hydrogen-bond acceptors (Lipinski definition) is 5. The molecule has 2 aromatic rings. The Morgan fingerprint density at radius 1 is 1.40 bits per heavy atom. The summed E-state index contributed by atoms with van der Waals surface area (Å²) in [7, 11) is 1.34. The van der Waals surface area contributed by atoms with Crippen molar-refractivity contribution in [1.82, 2.24) is 0 Å². The summed E-state index contributed by atoms with van der Waals surface area (Å²) in [6, 6.07) is 9.42. The van der Waals surface area contributed by atoms with Crippen LogP contribution in [0.25, 0.3) is 0 Å². The zero-order valence-electron chi connectivity index (χ0n) is 11.0. The number of carbonyl (C=O) groups excluding carboxylic acids is 1. The van der Waals surface area contributed by atoms with E-state index in [1.54, 1.807) is 23.5 Å². The average Bonchev–Trinajstić information content (AvgIpc) is 2.85. The maximum Gasteiger partial charge on any atom is 0.340 e. The fourth-order valence-corrected chi connectivity index (χ4v) is 3.30. The molecule has 0 radical (unpaired) electrons. The molecule has 0 spiro atoms. The molecule has 3 N–H and O–H groups in total. The number of ether oxygens (including phenoxy) is 1. The molecule has 0 aliphatic heterocycles. The van der Waals surface area contributed by atoms with Gasteiger partial charge in [0.25, 0.3) is 0 Å². The number of nitrogens with one attached hydrogen (secondary N) is 1. The van der Waals surface area contributed by atoms with E-state index >= 15 is 0 Å². The van der Waals surface area contributed by atoms with Crippen LogP contribution in [0.2, 0.25) is 0 Å². The summed E-state index contributed by atoms with van der Waals surface area (Å²) < 4.78 is 5.82. The lowest BCUT2D eigenvalue weighted by atomic mass is 10.1. The zero-order valence-corrected chi connectivity index (χ0v) is 13.4. The van der Waals surface area contributed by atoms with Crippen molar-refractivity contribution in [2.45, 2.75) is 6.42 Å². The number of halogens is 1. The van der Waals surface area contributed by atoms with E-state index in [1.165, 1.54) is 12.0 Å². The monoisotopic (exact) mass is 354 g/mol. The Hall–Kier alpha value is -1.53. The summed E-state index contributed by atoms with van der Waals surface area (Å²) in [6.07, 6.45) is 0.901. The zero-order chi connectivity index (χ0) is 14.5. The van der Waals surface area contributed by atoms with Crippen LogP contribution in [-0.2, 0) is 11.2 Å². The molecule has 0 fully saturated rings. The number of hydrogen-bond donors (Lipinski definition) is 2. The van der Waals surface area contributed by atoms with Gasteiger partial charge in [0, 0.05) is 11.4 Å². The van der Waals surface area contributed by atoms with Gasteiger partial charge in [-0.1, -0.05) is 6.07 Å². The maximum atomic E-state index is 11.6. The summed E-state index contributed by atoms with van der Waals surface area (Å²) in [4.78, 5) is 12.8. The second-order valence-corrected chi connectivity index (χ2v) is 6.69. The van der Waals surface area contributed by atoms with Gasteiger partial charge in [-0.3, -0.25) is 0 Å². The van der Waals surface area contributed by atoms with Crippen molar-refractivity contribution >= 4 is 44.6 Å². The van der Waals surface area contributed by atoms with E-state index in [4.69, 9.17) is 10.5 Å². The van der Waals surface area contributed by atoms with E-state index in [0.717, 1.165) is 22.4 Å². The number of esters is 1. The van der Waals surface area contributed by atoms with E-state index < -0.39 is 5.97 Å². The van der Waals surface area contributed by atoms with Crippen molar-refractivity contribution in [3.05, 3.63) is 44.6 Å². The minimum absolute atomic E-state index is 0.386. The lowest BCUT2D eigenvalue weighted by Crippen LogP contribution is -2.10. The molecule has 2 rings (SSSR count). The van der Waals surface area contributed by atoms with Crippen LogP contribution in [0.3, 0.4) is 0 Å². The maximum absolute atomic E-state index is 11.6. The Morgan fingerprint density at radius 3 is 2.85 bits per heavy atom. The molecule has 6 heteroatoms. The normalized spacial score (nSPS) is 10.3. The number of benzene rings is 1. The predicted molar refractivity (Wildman–Crippen MR) is 86.4 cm³/mol. The largest absolute Gasteiger partial charge is 0.465 e. The second-order valence-electron chi connectivity index (χ2n) is 4.14. The van der Waals surface area contributed by atoms with Gasteiger partial charge in [-0.15, -0.1) is 11.3 Å². The van der Waals surface area contributed by atoms with Gasteiger partial charge in [-0.05, 0) is 46.6 Å². The van der Waals surface area contributed by atoms with Crippen molar-refractivity contribution in [2.75, 3.05) is 24.7 Å². The average molecular weight is 355 g/mol. The molecule has 0 bridgehead atoms. The number of thiophene rings is 1. The Morgan fingerprint density at radius 2 is 2.20 bits per heavy atom. The quantitative estimate of drug-likeness (QED) is 0.636. The van der Waals surface area contributed by atoms with Crippen molar-refractivity contribution in [1.29, 1.82) is 0 Å². The third kappa shape index (κ3) is 3.52. The lowest BCUT2D eigenvalue weighted by molar-refractivity contribution is 0.0602. The highest BCUT2D eigenvalue weighted by Gasteiger charge is 2.12. The second kappa shape index (κ2) is 6.76. The number of nitrogen functional groups attached to an aromatic ring is 1. The summed E-state index contributed by atoms with van der Waals surface area (Å²) in [6.45, 7) is 0.752. The minimum atomic E-state index is -0.423. The molecule has 1 aromatic carbocycles. The minimum Gasteiger partial charge on any atom is -0.465 e. The van der Waals surface area contributed by atoms with E-state index in [9.17, 15) is 4.79 Å². The molecule has 0 atom stereocenters. The number of para-hydroxylation sites is 1. The molecule has 0 aliphatic carbocycles. The van der Waals surface area contributed by atoms with Crippen molar-refractivity contribution in [2.24, 2.45) is 0 Å². The van der Waals surface area contributed by atoms with E-state index in [0.29, 0.717) is 11.3 Å². The van der Waals surface area contributed by atoms with Crippen molar-refractivity contribution in [3.8, 4) is 0 Å². The van der Waals surface area contributed by atoms with Gasteiger partial charge < -0.3 is 15.8 Å². The number of anilines is 2. The van der Waals surface area contributed by atoms with Crippen molar-refractivity contribution < 1.29 is 9.53 Å². The van der Waals surface area contributed by atoms with Crippen LogP contribution in [0, 0.1) is 0 Å². The number of methoxy groups -OCH3 is 1. The fourth-order valence-electron chi connectivity index (χ4n) is 1.81. The van der Waals surface area contributed by atoms with Crippen LogP contribution < -0.4 is 11.1 Å². The van der Waals surface area contributed by atoms with Crippen LogP contribution in [0.4, 0.5) is 11.4 Å². The highest BCUT2D eigenvalue weighted by atomic mass is 79.9. The van der Waals surface area contributed by atoms with Crippen LogP contribution in [0.15, 0.2) is 34.1 Å². The lowest BCUT2D eigenvalue weighted by Gasteiger charge is -2.11.